The molecule has 7 nitrogen and oxygen atoms in total. The Balaban J connectivity index is 1.50. The number of rotatable bonds is 8. The smallest absolute Gasteiger partial charge is 0.261 e. The number of nitrogens with one attached hydrogen (secondary N) is 1. The van der Waals surface area contributed by atoms with Crippen molar-refractivity contribution in [3.63, 3.8) is 0 Å². The Morgan fingerprint density at radius 3 is 2.34 bits per heavy atom. The fraction of sp³-hybridized carbons (Fsp3) is 0.409. The lowest BCUT2D eigenvalue weighted by Gasteiger charge is -2.22. The average Bonchev–Trinajstić information content (AvgIpc) is 3.22. The maximum Gasteiger partial charge on any atom is 0.261 e. The van der Waals surface area contributed by atoms with Crippen molar-refractivity contribution in [3.8, 4) is 0 Å². The minimum Gasteiger partial charge on any atom is -0.357 e. The van der Waals surface area contributed by atoms with Gasteiger partial charge in [0.15, 0.2) is 5.96 Å². The summed E-state index contributed by atoms with van der Waals surface area (Å²) in [6.07, 6.45) is 3.57. The van der Waals surface area contributed by atoms with Gasteiger partial charge in [-0.15, -0.1) is 0 Å². The largest absolute Gasteiger partial charge is 0.357 e. The average molecular weight is 396 g/mol. The number of aliphatic imine (C=N–C) groups is 1. The monoisotopic (exact) mass is 395 g/mol. The number of fused-ring (bicyclic) bond motifs is 1. The molecular formula is C22H29N5O2. The standard InChI is InChI=1S/C22H29N5O2/c1-4-23-22(26(3)16-17-10-9-14-25(17)2)24-13-7-8-15-27-20(28)18-11-5-6-12-19(18)21(27)29/h5-6,9-12,14H,4,7-8,13,15-16H2,1-3H3,(H,23,24). The summed E-state index contributed by atoms with van der Waals surface area (Å²) in [7, 11) is 4.06. The first kappa shape index (κ1) is 20.6. The van der Waals surface area contributed by atoms with Crippen LogP contribution in [0.4, 0.5) is 0 Å². The molecule has 0 spiro atoms. The molecule has 0 aliphatic carbocycles. The van der Waals surface area contributed by atoms with Crippen LogP contribution in [0.15, 0.2) is 47.6 Å². The Bertz CT molecular complexity index is 867. The predicted molar refractivity (Wildman–Crippen MR) is 114 cm³/mol. The number of amides is 2. The summed E-state index contributed by atoms with van der Waals surface area (Å²) in [5.74, 6) is 0.476. The molecule has 1 N–H and O–H groups in total. The molecule has 0 saturated carbocycles. The molecule has 2 heterocycles. The molecule has 0 saturated heterocycles. The van der Waals surface area contributed by atoms with Gasteiger partial charge in [0.05, 0.1) is 17.7 Å². The van der Waals surface area contributed by atoms with Gasteiger partial charge in [0.1, 0.15) is 0 Å². The zero-order valence-corrected chi connectivity index (χ0v) is 17.4. The lowest BCUT2D eigenvalue weighted by molar-refractivity contribution is 0.0652. The summed E-state index contributed by atoms with van der Waals surface area (Å²) in [6.45, 7) is 4.68. The summed E-state index contributed by atoms with van der Waals surface area (Å²) in [4.78, 5) is 32.9. The zero-order chi connectivity index (χ0) is 20.8. The number of carbonyl (C=O) groups is 2. The second-order valence-electron chi connectivity index (χ2n) is 7.22. The molecule has 0 bridgehead atoms. The molecule has 0 atom stereocenters. The Morgan fingerprint density at radius 1 is 1.07 bits per heavy atom. The Hall–Kier alpha value is -3.09. The quantitative estimate of drug-likeness (QED) is 0.323. The van der Waals surface area contributed by atoms with Crippen LogP contribution in [0.1, 0.15) is 46.2 Å². The summed E-state index contributed by atoms with van der Waals surface area (Å²) >= 11 is 0. The summed E-state index contributed by atoms with van der Waals surface area (Å²) in [5, 5.41) is 3.32. The van der Waals surface area contributed by atoms with Gasteiger partial charge in [0, 0.05) is 45.6 Å². The molecule has 2 aromatic rings. The highest BCUT2D eigenvalue weighted by atomic mass is 16.2. The molecule has 0 radical (unpaired) electrons. The summed E-state index contributed by atoms with van der Waals surface area (Å²) < 4.78 is 2.10. The van der Waals surface area contributed by atoms with E-state index in [1.807, 2.05) is 33.3 Å². The van der Waals surface area contributed by atoms with Crippen LogP contribution < -0.4 is 5.32 Å². The molecule has 29 heavy (non-hydrogen) atoms. The van der Waals surface area contributed by atoms with Crippen LogP contribution in [-0.2, 0) is 13.6 Å². The molecule has 0 unspecified atom stereocenters. The van der Waals surface area contributed by atoms with Gasteiger partial charge in [-0.2, -0.15) is 0 Å². The number of nitrogens with zero attached hydrogens (tertiary/aromatic N) is 4. The third-order valence-corrected chi connectivity index (χ3v) is 5.08. The van der Waals surface area contributed by atoms with Crippen molar-refractivity contribution < 1.29 is 9.59 Å². The zero-order valence-electron chi connectivity index (χ0n) is 17.4. The van der Waals surface area contributed by atoms with Crippen molar-refractivity contribution >= 4 is 17.8 Å². The third kappa shape index (κ3) is 4.67. The number of carbonyl (C=O) groups excluding carboxylic acids is 2. The van der Waals surface area contributed by atoms with Gasteiger partial charge in [-0.3, -0.25) is 19.5 Å². The van der Waals surface area contributed by atoms with Crippen LogP contribution in [0, 0.1) is 0 Å². The van der Waals surface area contributed by atoms with E-state index in [1.54, 1.807) is 24.3 Å². The highest BCUT2D eigenvalue weighted by Gasteiger charge is 2.34. The molecular weight excluding hydrogens is 366 g/mol. The molecule has 1 aliphatic rings. The number of aromatic nitrogens is 1. The minimum absolute atomic E-state index is 0.190. The number of guanidine groups is 1. The van der Waals surface area contributed by atoms with Crippen LogP contribution in [0.3, 0.4) is 0 Å². The number of hydrogen-bond acceptors (Lipinski definition) is 3. The van der Waals surface area contributed by atoms with Gasteiger partial charge in [-0.1, -0.05) is 12.1 Å². The van der Waals surface area contributed by atoms with Gasteiger partial charge in [-0.05, 0) is 44.0 Å². The van der Waals surface area contributed by atoms with E-state index in [0.717, 1.165) is 31.9 Å². The third-order valence-electron chi connectivity index (χ3n) is 5.08. The normalized spacial score (nSPS) is 13.8. The predicted octanol–water partition coefficient (Wildman–Crippen LogP) is 2.50. The van der Waals surface area contributed by atoms with Crippen LogP contribution in [-0.4, -0.2) is 58.8 Å². The van der Waals surface area contributed by atoms with Crippen molar-refractivity contribution in [3.05, 3.63) is 59.4 Å². The van der Waals surface area contributed by atoms with E-state index in [9.17, 15) is 9.59 Å². The number of unbranched alkanes of at least 4 members (excludes halogenated alkanes) is 1. The van der Waals surface area contributed by atoms with Gasteiger partial charge < -0.3 is 14.8 Å². The van der Waals surface area contributed by atoms with Gasteiger partial charge in [0.2, 0.25) is 0 Å². The number of benzene rings is 1. The number of imide groups is 1. The van der Waals surface area contributed by atoms with E-state index >= 15 is 0 Å². The molecule has 2 amide bonds. The highest BCUT2D eigenvalue weighted by molar-refractivity contribution is 6.21. The SMILES string of the molecule is CCNC(=NCCCCN1C(=O)c2ccccc2C1=O)N(C)Cc1cccn1C. The number of aryl methyl sites for hydroxylation is 1. The minimum atomic E-state index is -0.190. The fourth-order valence-corrected chi connectivity index (χ4v) is 3.46. The van der Waals surface area contributed by atoms with Crippen LogP contribution >= 0.6 is 0 Å². The molecule has 1 aliphatic heterocycles. The molecule has 1 aromatic heterocycles. The first-order valence-electron chi connectivity index (χ1n) is 10.1. The fourth-order valence-electron chi connectivity index (χ4n) is 3.46. The molecule has 154 valence electrons. The van der Waals surface area contributed by atoms with E-state index in [4.69, 9.17) is 4.99 Å². The van der Waals surface area contributed by atoms with Crippen LogP contribution in [0.5, 0.6) is 0 Å². The van der Waals surface area contributed by atoms with E-state index in [2.05, 4.69) is 20.9 Å². The first-order valence-corrected chi connectivity index (χ1v) is 10.1. The molecule has 0 fully saturated rings. The van der Waals surface area contributed by atoms with Gasteiger partial charge in [-0.25, -0.2) is 0 Å². The lowest BCUT2D eigenvalue weighted by Crippen LogP contribution is -2.39. The molecule has 3 rings (SSSR count). The van der Waals surface area contributed by atoms with E-state index in [-0.39, 0.29) is 11.8 Å². The molecule has 7 heteroatoms. The Labute approximate surface area is 172 Å². The highest BCUT2D eigenvalue weighted by Crippen LogP contribution is 2.22. The van der Waals surface area contributed by atoms with Crippen molar-refractivity contribution in [2.45, 2.75) is 26.3 Å². The Morgan fingerprint density at radius 2 is 1.76 bits per heavy atom. The summed E-state index contributed by atoms with van der Waals surface area (Å²) in [6, 6.07) is 11.1. The maximum atomic E-state index is 12.4. The maximum absolute atomic E-state index is 12.4. The van der Waals surface area contributed by atoms with E-state index in [0.29, 0.717) is 24.2 Å². The van der Waals surface area contributed by atoms with Gasteiger partial charge in [0.25, 0.3) is 11.8 Å². The van der Waals surface area contributed by atoms with E-state index < -0.39 is 0 Å². The Kier molecular flexibility index (Phi) is 6.69. The van der Waals surface area contributed by atoms with Crippen molar-refractivity contribution in [1.29, 1.82) is 0 Å². The topological polar surface area (TPSA) is 69.9 Å². The van der Waals surface area contributed by atoms with Crippen LogP contribution in [0.25, 0.3) is 0 Å². The second-order valence-corrected chi connectivity index (χ2v) is 7.22. The summed E-state index contributed by atoms with van der Waals surface area (Å²) in [5.41, 5.74) is 2.23. The lowest BCUT2D eigenvalue weighted by atomic mass is 10.1. The van der Waals surface area contributed by atoms with Crippen molar-refractivity contribution in [2.24, 2.45) is 12.0 Å². The van der Waals surface area contributed by atoms with E-state index in [1.165, 1.54) is 10.6 Å². The van der Waals surface area contributed by atoms with Gasteiger partial charge >= 0.3 is 0 Å². The number of hydrogen-bond donors (Lipinski definition) is 1. The van der Waals surface area contributed by atoms with Crippen molar-refractivity contribution in [2.75, 3.05) is 26.7 Å². The van der Waals surface area contributed by atoms with Crippen LogP contribution in [0.2, 0.25) is 0 Å². The second kappa shape index (κ2) is 9.41. The molecule has 1 aromatic carbocycles. The van der Waals surface area contributed by atoms with Crippen molar-refractivity contribution in [1.82, 2.24) is 19.7 Å². The first-order chi connectivity index (χ1) is 14.0.